The Morgan fingerprint density at radius 1 is 1.14 bits per heavy atom. The standard InChI is InChI=1S/C15H17ClN2O2S/c1-10-7-11(2)15(8-12(10)9-17)21(19,20)18-14-6-4-3-5-13(14)16/h3-8,18H,9,17H2,1-2H3. The van der Waals surface area contributed by atoms with Gasteiger partial charge in [-0.3, -0.25) is 4.72 Å². The lowest BCUT2D eigenvalue weighted by atomic mass is 10.1. The lowest BCUT2D eigenvalue weighted by Gasteiger charge is -2.14. The number of nitrogens with one attached hydrogen (secondary N) is 1. The summed E-state index contributed by atoms with van der Waals surface area (Å²) in [5.41, 5.74) is 8.46. The minimum atomic E-state index is -3.71. The second kappa shape index (κ2) is 6.05. The SMILES string of the molecule is Cc1cc(C)c(S(=O)(=O)Nc2ccccc2Cl)cc1CN. The number of halogens is 1. The zero-order valence-electron chi connectivity index (χ0n) is 11.9. The van der Waals surface area contributed by atoms with Crippen LogP contribution in [0.5, 0.6) is 0 Å². The van der Waals surface area contributed by atoms with Gasteiger partial charge >= 0.3 is 0 Å². The first kappa shape index (κ1) is 15.8. The number of aryl methyl sites for hydroxylation is 2. The minimum Gasteiger partial charge on any atom is -0.326 e. The lowest BCUT2D eigenvalue weighted by Crippen LogP contribution is -2.15. The quantitative estimate of drug-likeness (QED) is 0.907. The fourth-order valence-electron chi connectivity index (χ4n) is 2.13. The third-order valence-corrected chi connectivity index (χ3v) is 5.10. The Hall–Kier alpha value is -1.56. The molecule has 0 bridgehead atoms. The molecular formula is C15H17ClN2O2S. The molecule has 0 unspecified atom stereocenters. The van der Waals surface area contributed by atoms with E-state index in [-0.39, 0.29) is 4.90 Å². The molecule has 0 aliphatic rings. The summed E-state index contributed by atoms with van der Waals surface area (Å²) in [6.45, 7) is 3.96. The lowest BCUT2D eigenvalue weighted by molar-refractivity contribution is 0.600. The third-order valence-electron chi connectivity index (χ3n) is 3.26. The second-order valence-corrected chi connectivity index (χ2v) is 6.89. The minimum absolute atomic E-state index is 0.216. The molecule has 0 heterocycles. The maximum Gasteiger partial charge on any atom is 0.262 e. The molecule has 2 aromatic carbocycles. The molecule has 0 aliphatic carbocycles. The van der Waals surface area contributed by atoms with Crippen molar-refractivity contribution >= 4 is 27.3 Å². The van der Waals surface area contributed by atoms with Crippen LogP contribution >= 0.6 is 11.6 Å². The van der Waals surface area contributed by atoms with Crippen molar-refractivity contribution in [3.8, 4) is 0 Å². The fourth-order valence-corrected chi connectivity index (χ4v) is 3.72. The molecule has 0 saturated heterocycles. The van der Waals surface area contributed by atoms with Gasteiger partial charge in [0.05, 0.1) is 15.6 Å². The molecule has 3 N–H and O–H groups in total. The van der Waals surface area contributed by atoms with E-state index in [1.54, 1.807) is 37.3 Å². The highest BCUT2D eigenvalue weighted by Gasteiger charge is 2.19. The molecule has 2 rings (SSSR count). The van der Waals surface area contributed by atoms with Crippen LogP contribution < -0.4 is 10.5 Å². The summed E-state index contributed by atoms with van der Waals surface area (Å²) < 4.78 is 27.6. The maximum atomic E-state index is 12.5. The van der Waals surface area contributed by atoms with Gasteiger partial charge in [0.1, 0.15) is 0 Å². The van der Waals surface area contributed by atoms with Gasteiger partial charge < -0.3 is 5.73 Å². The van der Waals surface area contributed by atoms with Crippen molar-refractivity contribution in [3.63, 3.8) is 0 Å². The van der Waals surface area contributed by atoms with E-state index in [0.717, 1.165) is 11.1 Å². The topological polar surface area (TPSA) is 72.2 Å². The average Bonchev–Trinajstić information content (AvgIpc) is 2.41. The number of anilines is 1. The largest absolute Gasteiger partial charge is 0.326 e. The number of hydrogen-bond acceptors (Lipinski definition) is 3. The van der Waals surface area contributed by atoms with E-state index in [4.69, 9.17) is 17.3 Å². The number of sulfonamides is 1. The van der Waals surface area contributed by atoms with Gasteiger partial charge in [-0.15, -0.1) is 0 Å². The molecule has 6 heteroatoms. The van der Waals surface area contributed by atoms with Gasteiger partial charge in [-0.1, -0.05) is 29.8 Å². The van der Waals surface area contributed by atoms with Crippen LogP contribution in [0.3, 0.4) is 0 Å². The van der Waals surface area contributed by atoms with Gasteiger partial charge in [0.25, 0.3) is 10.0 Å². The summed E-state index contributed by atoms with van der Waals surface area (Å²) in [6.07, 6.45) is 0. The average molecular weight is 325 g/mol. The van der Waals surface area contributed by atoms with Gasteiger partial charge in [-0.2, -0.15) is 0 Å². The van der Waals surface area contributed by atoms with E-state index >= 15 is 0 Å². The summed E-state index contributed by atoms with van der Waals surface area (Å²) >= 11 is 5.99. The van der Waals surface area contributed by atoms with E-state index in [9.17, 15) is 8.42 Å². The van der Waals surface area contributed by atoms with Gasteiger partial charge in [-0.25, -0.2) is 8.42 Å². The van der Waals surface area contributed by atoms with E-state index in [2.05, 4.69) is 4.72 Å². The Balaban J connectivity index is 2.47. The van der Waals surface area contributed by atoms with Crippen molar-refractivity contribution in [2.45, 2.75) is 25.3 Å². The molecule has 0 amide bonds. The number of nitrogens with two attached hydrogens (primary N) is 1. The maximum absolute atomic E-state index is 12.5. The molecule has 112 valence electrons. The van der Waals surface area contributed by atoms with E-state index in [0.29, 0.717) is 22.8 Å². The second-order valence-electron chi connectivity index (χ2n) is 4.83. The zero-order chi connectivity index (χ0) is 15.6. The molecule has 0 fully saturated rings. The van der Waals surface area contributed by atoms with E-state index in [1.807, 2.05) is 13.0 Å². The van der Waals surface area contributed by atoms with Crippen molar-refractivity contribution < 1.29 is 8.42 Å². The molecule has 0 atom stereocenters. The number of benzene rings is 2. The van der Waals surface area contributed by atoms with Crippen molar-refractivity contribution in [1.82, 2.24) is 0 Å². The Labute approximate surface area is 130 Å². The van der Waals surface area contributed by atoms with Crippen molar-refractivity contribution in [3.05, 3.63) is 58.1 Å². The molecule has 0 aromatic heterocycles. The predicted molar refractivity (Wildman–Crippen MR) is 86.1 cm³/mol. The third kappa shape index (κ3) is 3.37. The highest BCUT2D eigenvalue weighted by Crippen LogP contribution is 2.26. The molecular weight excluding hydrogens is 308 g/mol. The number of para-hydroxylation sites is 1. The Morgan fingerprint density at radius 2 is 1.81 bits per heavy atom. The molecule has 0 aliphatic heterocycles. The Kier molecular flexibility index (Phi) is 4.56. The van der Waals surface area contributed by atoms with Gasteiger partial charge in [0, 0.05) is 6.54 Å². The summed E-state index contributed by atoms with van der Waals surface area (Å²) in [4.78, 5) is 0.216. The first-order valence-electron chi connectivity index (χ1n) is 6.42. The molecule has 4 nitrogen and oxygen atoms in total. The number of hydrogen-bond donors (Lipinski definition) is 2. The highest BCUT2D eigenvalue weighted by atomic mass is 35.5. The zero-order valence-corrected chi connectivity index (χ0v) is 13.4. The van der Waals surface area contributed by atoms with Crippen molar-refractivity contribution in [2.24, 2.45) is 5.73 Å². The van der Waals surface area contributed by atoms with Crippen LogP contribution in [0.15, 0.2) is 41.3 Å². The van der Waals surface area contributed by atoms with Crippen molar-refractivity contribution in [1.29, 1.82) is 0 Å². The summed E-state index contributed by atoms with van der Waals surface area (Å²) in [7, 11) is -3.71. The molecule has 0 saturated carbocycles. The van der Waals surface area contributed by atoms with Gasteiger partial charge in [-0.05, 0) is 48.7 Å². The summed E-state index contributed by atoms with van der Waals surface area (Å²) in [5, 5.41) is 0.352. The van der Waals surface area contributed by atoms with Gasteiger partial charge in [0.2, 0.25) is 0 Å². The van der Waals surface area contributed by atoms with Crippen LogP contribution in [0.4, 0.5) is 5.69 Å². The van der Waals surface area contributed by atoms with Crippen LogP contribution in [0, 0.1) is 13.8 Å². The van der Waals surface area contributed by atoms with Crippen LogP contribution in [-0.2, 0) is 16.6 Å². The fraction of sp³-hybridized carbons (Fsp3) is 0.200. The first-order chi connectivity index (χ1) is 9.85. The van der Waals surface area contributed by atoms with Crippen LogP contribution in [0.1, 0.15) is 16.7 Å². The van der Waals surface area contributed by atoms with Crippen LogP contribution in [0.25, 0.3) is 0 Å². The highest BCUT2D eigenvalue weighted by molar-refractivity contribution is 7.92. The molecule has 21 heavy (non-hydrogen) atoms. The summed E-state index contributed by atoms with van der Waals surface area (Å²) in [6, 6.07) is 10.1. The van der Waals surface area contributed by atoms with Crippen molar-refractivity contribution in [2.75, 3.05) is 4.72 Å². The van der Waals surface area contributed by atoms with Crippen LogP contribution in [-0.4, -0.2) is 8.42 Å². The number of rotatable bonds is 4. The molecule has 0 spiro atoms. The Morgan fingerprint density at radius 3 is 2.43 bits per heavy atom. The normalized spacial score (nSPS) is 11.4. The summed E-state index contributed by atoms with van der Waals surface area (Å²) in [5.74, 6) is 0. The van der Waals surface area contributed by atoms with Gasteiger partial charge in [0.15, 0.2) is 0 Å². The Bertz CT molecular complexity index is 773. The first-order valence-corrected chi connectivity index (χ1v) is 8.29. The molecule has 2 aromatic rings. The monoisotopic (exact) mass is 324 g/mol. The molecule has 0 radical (unpaired) electrons. The smallest absolute Gasteiger partial charge is 0.262 e. The van der Waals surface area contributed by atoms with Crippen LogP contribution in [0.2, 0.25) is 5.02 Å². The van der Waals surface area contributed by atoms with E-state index < -0.39 is 10.0 Å². The van der Waals surface area contributed by atoms with E-state index in [1.165, 1.54) is 0 Å². The predicted octanol–water partition coefficient (Wildman–Crippen LogP) is 3.22.